The Labute approximate surface area is 120 Å². The Morgan fingerprint density at radius 3 is 2.38 bits per heavy atom. The van der Waals surface area contributed by atoms with Crippen LogP contribution in [-0.2, 0) is 6.42 Å². The molecule has 0 bridgehead atoms. The topological polar surface area (TPSA) is 69.2 Å². The molecular weight excluding hydrogens is 278 g/mol. The molecule has 4 nitrogen and oxygen atoms in total. The highest BCUT2D eigenvalue weighted by atomic mass is 19.1. The lowest BCUT2D eigenvalue weighted by molar-refractivity contribution is -0.384. The first-order valence-corrected chi connectivity index (χ1v) is 6.42. The quantitative estimate of drug-likeness (QED) is 0.692. The highest BCUT2D eigenvalue weighted by Crippen LogP contribution is 2.30. The predicted octanol–water partition coefficient (Wildman–Crippen LogP) is 3.48. The summed E-state index contributed by atoms with van der Waals surface area (Å²) in [6, 6.07) is 6.56. The molecule has 1 unspecified atom stereocenters. The zero-order valence-electron chi connectivity index (χ0n) is 11.3. The van der Waals surface area contributed by atoms with Gasteiger partial charge < -0.3 is 5.73 Å². The molecule has 2 aromatic carbocycles. The molecule has 0 amide bonds. The average molecular weight is 292 g/mol. The van der Waals surface area contributed by atoms with Crippen molar-refractivity contribution in [3.8, 4) is 0 Å². The molecule has 0 saturated heterocycles. The van der Waals surface area contributed by atoms with E-state index >= 15 is 0 Å². The van der Waals surface area contributed by atoms with Gasteiger partial charge in [0.05, 0.1) is 11.0 Å². The van der Waals surface area contributed by atoms with Gasteiger partial charge in [-0.15, -0.1) is 0 Å². The van der Waals surface area contributed by atoms with Gasteiger partial charge in [-0.05, 0) is 29.7 Å². The second kappa shape index (κ2) is 5.97. The van der Waals surface area contributed by atoms with Crippen LogP contribution in [0.25, 0.3) is 0 Å². The van der Waals surface area contributed by atoms with E-state index in [1.165, 1.54) is 18.2 Å². The molecule has 1 atom stereocenters. The number of nitrogens with two attached hydrogens (primary N) is 1. The SMILES string of the molecule is CCc1ccc([N+](=O)[O-])cc1C(N)c1c(F)cccc1F. The van der Waals surface area contributed by atoms with Crippen LogP contribution in [0.3, 0.4) is 0 Å². The summed E-state index contributed by atoms with van der Waals surface area (Å²) in [7, 11) is 0. The van der Waals surface area contributed by atoms with Gasteiger partial charge in [-0.3, -0.25) is 10.1 Å². The smallest absolute Gasteiger partial charge is 0.269 e. The maximum absolute atomic E-state index is 13.8. The predicted molar refractivity (Wildman–Crippen MR) is 74.9 cm³/mol. The number of hydrogen-bond acceptors (Lipinski definition) is 3. The van der Waals surface area contributed by atoms with E-state index in [9.17, 15) is 18.9 Å². The van der Waals surface area contributed by atoms with Crippen LogP contribution in [0.2, 0.25) is 0 Å². The summed E-state index contributed by atoms with van der Waals surface area (Å²) in [5, 5.41) is 10.9. The van der Waals surface area contributed by atoms with Crippen molar-refractivity contribution in [3.63, 3.8) is 0 Å². The minimum Gasteiger partial charge on any atom is -0.320 e. The number of halogens is 2. The third-order valence-electron chi connectivity index (χ3n) is 3.37. The van der Waals surface area contributed by atoms with Gasteiger partial charge in [-0.25, -0.2) is 8.78 Å². The first-order chi connectivity index (χ1) is 9.95. The molecule has 0 aliphatic carbocycles. The van der Waals surface area contributed by atoms with E-state index < -0.39 is 22.6 Å². The molecule has 110 valence electrons. The molecular formula is C15H14F2N2O2. The molecule has 2 rings (SSSR count). The van der Waals surface area contributed by atoms with Crippen LogP contribution >= 0.6 is 0 Å². The van der Waals surface area contributed by atoms with Crippen molar-refractivity contribution in [1.29, 1.82) is 0 Å². The van der Waals surface area contributed by atoms with Crippen molar-refractivity contribution < 1.29 is 13.7 Å². The Balaban J connectivity index is 2.59. The molecule has 6 heteroatoms. The Morgan fingerprint density at radius 2 is 1.86 bits per heavy atom. The number of nitro groups is 1. The lowest BCUT2D eigenvalue weighted by Gasteiger charge is -2.17. The summed E-state index contributed by atoms with van der Waals surface area (Å²) < 4.78 is 27.7. The lowest BCUT2D eigenvalue weighted by Crippen LogP contribution is -2.17. The Bertz CT molecular complexity index is 669. The zero-order chi connectivity index (χ0) is 15.6. The van der Waals surface area contributed by atoms with Crippen LogP contribution in [0.1, 0.15) is 29.7 Å². The third-order valence-corrected chi connectivity index (χ3v) is 3.37. The number of non-ortho nitro benzene ring substituents is 1. The first kappa shape index (κ1) is 15.1. The molecule has 0 saturated carbocycles. The average Bonchev–Trinajstić information content (AvgIpc) is 2.46. The van der Waals surface area contributed by atoms with Gasteiger partial charge in [0.15, 0.2) is 0 Å². The van der Waals surface area contributed by atoms with Crippen LogP contribution in [0.5, 0.6) is 0 Å². The monoisotopic (exact) mass is 292 g/mol. The van der Waals surface area contributed by atoms with E-state index in [4.69, 9.17) is 5.73 Å². The number of aryl methyl sites for hydroxylation is 1. The van der Waals surface area contributed by atoms with E-state index in [-0.39, 0.29) is 11.3 Å². The third kappa shape index (κ3) is 2.90. The molecule has 2 aromatic rings. The van der Waals surface area contributed by atoms with Gasteiger partial charge in [0.25, 0.3) is 5.69 Å². The van der Waals surface area contributed by atoms with Crippen molar-refractivity contribution in [2.45, 2.75) is 19.4 Å². The van der Waals surface area contributed by atoms with Gasteiger partial charge in [-0.1, -0.05) is 19.1 Å². The highest BCUT2D eigenvalue weighted by Gasteiger charge is 2.22. The summed E-state index contributed by atoms with van der Waals surface area (Å²) in [4.78, 5) is 10.3. The van der Waals surface area contributed by atoms with Crippen LogP contribution < -0.4 is 5.73 Å². The van der Waals surface area contributed by atoms with Crippen molar-refractivity contribution >= 4 is 5.69 Å². The van der Waals surface area contributed by atoms with E-state index in [2.05, 4.69) is 0 Å². The second-order valence-corrected chi connectivity index (χ2v) is 4.61. The Hall–Kier alpha value is -2.34. The number of benzene rings is 2. The van der Waals surface area contributed by atoms with Crippen molar-refractivity contribution in [2.24, 2.45) is 5.73 Å². The molecule has 0 fully saturated rings. The molecule has 0 heterocycles. The Kier molecular flexibility index (Phi) is 4.28. The summed E-state index contributed by atoms with van der Waals surface area (Å²) in [5.41, 5.74) is 6.59. The normalized spacial score (nSPS) is 12.2. The number of nitrogens with zero attached hydrogens (tertiary/aromatic N) is 1. The van der Waals surface area contributed by atoms with E-state index in [0.717, 1.165) is 17.7 Å². The lowest BCUT2D eigenvalue weighted by atomic mass is 9.93. The molecule has 0 aliphatic rings. The molecule has 0 spiro atoms. The highest BCUT2D eigenvalue weighted by molar-refractivity contribution is 5.45. The summed E-state index contributed by atoms with van der Waals surface area (Å²) in [6.45, 7) is 1.84. The van der Waals surface area contributed by atoms with Gasteiger partial charge in [0, 0.05) is 17.7 Å². The molecule has 21 heavy (non-hydrogen) atoms. The standard InChI is InChI=1S/C15H14F2N2O2/c1-2-9-6-7-10(19(20)21)8-11(9)15(18)14-12(16)4-3-5-13(14)17/h3-8,15H,2,18H2,1H3. The van der Waals surface area contributed by atoms with Crippen LogP contribution in [-0.4, -0.2) is 4.92 Å². The Morgan fingerprint density at radius 1 is 1.24 bits per heavy atom. The van der Waals surface area contributed by atoms with Gasteiger partial charge in [0.2, 0.25) is 0 Å². The van der Waals surface area contributed by atoms with Gasteiger partial charge in [-0.2, -0.15) is 0 Å². The first-order valence-electron chi connectivity index (χ1n) is 6.42. The van der Waals surface area contributed by atoms with Crippen LogP contribution in [0, 0.1) is 21.7 Å². The second-order valence-electron chi connectivity index (χ2n) is 4.61. The number of rotatable bonds is 4. The molecule has 0 aliphatic heterocycles. The maximum Gasteiger partial charge on any atom is 0.269 e. The maximum atomic E-state index is 13.8. The van der Waals surface area contributed by atoms with Crippen LogP contribution in [0.4, 0.5) is 14.5 Å². The fourth-order valence-corrected chi connectivity index (χ4v) is 2.27. The van der Waals surface area contributed by atoms with Crippen molar-refractivity contribution in [3.05, 3.63) is 74.8 Å². The fourth-order valence-electron chi connectivity index (χ4n) is 2.27. The van der Waals surface area contributed by atoms with Crippen molar-refractivity contribution in [2.75, 3.05) is 0 Å². The minimum atomic E-state index is -1.10. The summed E-state index contributed by atoms with van der Waals surface area (Å²) in [5.74, 6) is -1.54. The molecule has 0 aromatic heterocycles. The molecule has 0 radical (unpaired) electrons. The van der Waals surface area contributed by atoms with Gasteiger partial charge >= 0.3 is 0 Å². The van der Waals surface area contributed by atoms with Crippen molar-refractivity contribution in [1.82, 2.24) is 0 Å². The number of hydrogen-bond donors (Lipinski definition) is 1. The van der Waals surface area contributed by atoms with E-state index in [0.29, 0.717) is 12.0 Å². The van der Waals surface area contributed by atoms with E-state index in [1.54, 1.807) is 6.07 Å². The zero-order valence-corrected chi connectivity index (χ0v) is 11.3. The van der Waals surface area contributed by atoms with E-state index in [1.807, 2.05) is 6.92 Å². The summed E-state index contributed by atoms with van der Waals surface area (Å²) >= 11 is 0. The minimum absolute atomic E-state index is 0.158. The molecule has 2 N–H and O–H groups in total. The number of nitro benzene ring substituents is 1. The van der Waals surface area contributed by atoms with Crippen LogP contribution in [0.15, 0.2) is 36.4 Å². The largest absolute Gasteiger partial charge is 0.320 e. The van der Waals surface area contributed by atoms with Gasteiger partial charge in [0.1, 0.15) is 11.6 Å². The fraction of sp³-hybridized carbons (Fsp3) is 0.200. The summed E-state index contributed by atoms with van der Waals surface area (Å²) in [6.07, 6.45) is 0.553.